The second-order valence-corrected chi connectivity index (χ2v) is 6.40. The Morgan fingerprint density at radius 1 is 1.14 bits per heavy atom. The molecule has 1 heterocycles. The smallest absolute Gasteiger partial charge is 0.238 e. The molecule has 21 heavy (non-hydrogen) atoms. The lowest BCUT2D eigenvalue weighted by Gasteiger charge is -2.25. The van der Waals surface area contributed by atoms with Crippen LogP contribution in [0.5, 0.6) is 0 Å². The van der Waals surface area contributed by atoms with Crippen molar-refractivity contribution in [3.05, 3.63) is 63.9 Å². The average Bonchev–Trinajstić information content (AvgIpc) is 2.85. The Morgan fingerprint density at radius 2 is 1.86 bits per heavy atom. The molecule has 0 N–H and O–H groups in total. The molecular formula is C15H10Cl2FNOS. The molecule has 0 radical (unpaired) electrons. The third kappa shape index (κ3) is 2.76. The second kappa shape index (κ2) is 5.87. The van der Waals surface area contributed by atoms with Crippen LogP contribution in [0.1, 0.15) is 10.9 Å². The standard InChI is InChI=1S/C15H10Cl2FNOS/c16-12-3-1-2-11(14(12)17)15-19(13(20)8-21-15)10-6-4-9(18)5-7-10/h1-7,15H,8H2. The highest BCUT2D eigenvalue weighted by Crippen LogP contribution is 2.45. The third-order valence-electron chi connectivity index (χ3n) is 3.22. The summed E-state index contributed by atoms with van der Waals surface area (Å²) in [5, 5.41) is 0.640. The molecule has 0 spiro atoms. The highest BCUT2D eigenvalue weighted by Gasteiger charge is 2.35. The van der Waals surface area contributed by atoms with Crippen molar-refractivity contribution in [2.24, 2.45) is 0 Å². The maximum Gasteiger partial charge on any atom is 0.238 e. The van der Waals surface area contributed by atoms with E-state index in [0.29, 0.717) is 21.5 Å². The Balaban J connectivity index is 2.03. The van der Waals surface area contributed by atoms with Crippen LogP contribution in [0.4, 0.5) is 10.1 Å². The fourth-order valence-electron chi connectivity index (χ4n) is 2.25. The molecular weight excluding hydrogens is 332 g/mol. The van der Waals surface area contributed by atoms with Crippen LogP contribution in [0.2, 0.25) is 10.0 Å². The maximum absolute atomic E-state index is 13.1. The van der Waals surface area contributed by atoms with Gasteiger partial charge >= 0.3 is 0 Å². The topological polar surface area (TPSA) is 20.3 Å². The molecule has 2 nitrogen and oxygen atoms in total. The highest BCUT2D eigenvalue weighted by molar-refractivity contribution is 8.00. The van der Waals surface area contributed by atoms with Crippen LogP contribution >= 0.6 is 35.0 Å². The quantitative estimate of drug-likeness (QED) is 0.773. The molecule has 1 atom stereocenters. The van der Waals surface area contributed by atoms with Gasteiger partial charge in [0, 0.05) is 11.3 Å². The van der Waals surface area contributed by atoms with Crippen LogP contribution in [0, 0.1) is 5.82 Å². The van der Waals surface area contributed by atoms with Gasteiger partial charge in [-0.1, -0.05) is 35.3 Å². The number of nitrogens with zero attached hydrogens (tertiary/aromatic N) is 1. The fraction of sp³-hybridized carbons (Fsp3) is 0.133. The minimum absolute atomic E-state index is 0.0346. The van der Waals surface area contributed by atoms with Crippen LogP contribution < -0.4 is 4.90 Å². The summed E-state index contributed by atoms with van der Waals surface area (Å²) in [6.07, 6.45) is 0. The summed E-state index contributed by atoms with van der Waals surface area (Å²) in [5.41, 5.74) is 1.43. The van der Waals surface area contributed by atoms with Gasteiger partial charge in [-0.25, -0.2) is 4.39 Å². The molecule has 1 aliphatic rings. The van der Waals surface area contributed by atoms with Crippen molar-refractivity contribution in [3.63, 3.8) is 0 Å². The minimum Gasteiger partial charge on any atom is -0.295 e. The molecule has 108 valence electrons. The largest absolute Gasteiger partial charge is 0.295 e. The van der Waals surface area contributed by atoms with Gasteiger partial charge in [0.1, 0.15) is 11.2 Å². The fourth-order valence-corrected chi connectivity index (χ4v) is 3.93. The van der Waals surface area contributed by atoms with Crippen molar-refractivity contribution in [2.45, 2.75) is 5.37 Å². The van der Waals surface area contributed by atoms with Gasteiger partial charge in [-0.2, -0.15) is 0 Å². The monoisotopic (exact) mass is 341 g/mol. The number of halogens is 3. The van der Waals surface area contributed by atoms with Crippen LogP contribution in [0.3, 0.4) is 0 Å². The first-order valence-electron chi connectivity index (χ1n) is 6.21. The number of anilines is 1. The Hall–Kier alpha value is -1.23. The molecule has 1 saturated heterocycles. The number of hydrogen-bond acceptors (Lipinski definition) is 2. The van der Waals surface area contributed by atoms with E-state index in [1.807, 2.05) is 6.07 Å². The van der Waals surface area contributed by atoms with E-state index in [9.17, 15) is 9.18 Å². The van der Waals surface area contributed by atoms with Gasteiger partial charge in [-0.05, 0) is 30.3 Å². The molecule has 1 fully saturated rings. The van der Waals surface area contributed by atoms with Crippen molar-refractivity contribution in [1.29, 1.82) is 0 Å². The van der Waals surface area contributed by atoms with Gasteiger partial charge in [0.2, 0.25) is 5.91 Å². The number of hydrogen-bond donors (Lipinski definition) is 0. The Labute approximate surface area is 135 Å². The Morgan fingerprint density at radius 3 is 2.57 bits per heavy atom. The summed E-state index contributed by atoms with van der Waals surface area (Å²) in [4.78, 5) is 13.8. The molecule has 1 unspecified atom stereocenters. The maximum atomic E-state index is 13.1. The van der Waals surface area contributed by atoms with E-state index in [-0.39, 0.29) is 17.1 Å². The summed E-state index contributed by atoms with van der Waals surface area (Å²) in [7, 11) is 0. The number of benzene rings is 2. The predicted octanol–water partition coefficient (Wildman–Crippen LogP) is 4.91. The van der Waals surface area contributed by atoms with Crippen molar-refractivity contribution < 1.29 is 9.18 Å². The van der Waals surface area contributed by atoms with Gasteiger partial charge in [0.15, 0.2) is 0 Å². The molecule has 1 amide bonds. The summed E-state index contributed by atoms with van der Waals surface area (Å²) in [5.74, 6) is -0.0201. The number of thioether (sulfide) groups is 1. The zero-order valence-corrected chi connectivity index (χ0v) is 13.1. The van der Waals surface area contributed by atoms with E-state index < -0.39 is 0 Å². The van der Waals surface area contributed by atoms with Crippen molar-refractivity contribution in [2.75, 3.05) is 10.7 Å². The van der Waals surface area contributed by atoms with E-state index in [2.05, 4.69) is 0 Å². The summed E-state index contributed by atoms with van der Waals surface area (Å²) >= 11 is 13.8. The number of rotatable bonds is 2. The second-order valence-electron chi connectivity index (χ2n) is 4.55. The van der Waals surface area contributed by atoms with Gasteiger partial charge in [-0.3, -0.25) is 9.69 Å². The molecule has 2 aromatic rings. The lowest BCUT2D eigenvalue weighted by Crippen LogP contribution is -2.27. The molecule has 0 aromatic heterocycles. The molecule has 2 aromatic carbocycles. The SMILES string of the molecule is O=C1CSC(c2cccc(Cl)c2Cl)N1c1ccc(F)cc1. The molecule has 0 aliphatic carbocycles. The predicted molar refractivity (Wildman–Crippen MR) is 85.5 cm³/mol. The average molecular weight is 342 g/mol. The van der Waals surface area contributed by atoms with Crippen LogP contribution in [-0.4, -0.2) is 11.7 Å². The van der Waals surface area contributed by atoms with Crippen molar-refractivity contribution in [1.82, 2.24) is 0 Å². The summed E-state index contributed by atoms with van der Waals surface area (Å²) < 4.78 is 13.1. The molecule has 6 heteroatoms. The van der Waals surface area contributed by atoms with Gasteiger partial charge in [0.05, 0.1) is 15.8 Å². The van der Waals surface area contributed by atoms with Crippen LogP contribution in [0.25, 0.3) is 0 Å². The Kier molecular flexibility index (Phi) is 4.11. The first kappa shape index (κ1) is 14.7. The lowest BCUT2D eigenvalue weighted by atomic mass is 10.2. The lowest BCUT2D eigenvalue weighted by molar-refractivity contribution is -0.115. The van der Waals surface area contributed by atoms with E-state index in [1.54, 1.807) is 29.2 Å². The zero-order valence-electron chi connectivity index (χ0n) is 10.7. The van der Waals surface area contributed by atoms with Crippen LogP contribution in [-0.2, 0) is 4.79 Å². The van der Waals surface area contributed by atoms with Crippen molar-refractivity contribution >= 4 is 46.6 Å². The van der Waals surface area contributed by atoms with Gasteiger partial charge in [-0.15, -0.1) is 11.8 Å². The summed E-state index contributed by atoms with van der Waals surface area (Å²) in [6.45, 7) is 0. The minimum atomic E-state index is -0.338. The normalized spacial score (nSPS) is 18.3. The van der Waals surface area contributed by atoms with E-state index in [1.165, 1.54) is 23.9 Å². The van der Waals surface area contributed by atoms with Crippen molar-refractivity contribution in [3.8, 4) is 0 Å². The first-order valence-corrected chi connectivity index (χ1v) is 8.01. The van der Waals surface area contributed by atoms with Gasteiger partial charge in [0.25, 0.3) is 0 Å². The number of amides is 1. The molecule has 0 bridgehead atoms. The van der Waals surface area contributed by atoms with Crippen LogP contribution in [0.15, 0.2) is 42.5 Å². The molecule has 1 aliphatic heterocycles. The van der Waals surface area contributed by atoms with E-state index in [4.69, 9.17) is 23.2 Å². The Bertz CT molecular complexity index is 693. The van der Waals surface area contributed by atoms with Gasteiger partial charge < -0.3 is 0 Å². The first-order chi connectivity index (χ1) is 10.1. The van der Waals surface area contributed by atoms with E-state index in [0.717, 1.165) is 5.56 Å². The summed E-state index contributed by atoms with van der Waals surface area (Å²) in [6, 6.07) is 11.2. The van der Waals surface area contributed by atoms with E-state index >= 15 is 0 Å². The zero-order chi connectivity index (χ0) is 15.0. The highest BCUT2D eigenvalue weighted by atomic mass is 35.5. The molecule has 0 saturated carbocycles. The third-order valence-corrected chi connectivity index (χ3v) is 5.25. The molecule has 3 rings (SSSR count). The number of carbonyl (C=O) groups is 1. The number of carbonyl (C=O) groups excluding carboxylic acids is 1.